The molecule has 0 bridgehead atoms. The van der Waals surface area contributed by atoms with E-state index in [9.17, 15) is 9.18 Å². The van der Waals surface area contributed by atoms with Gasteiger partial charge in [-0.3, -0.25) is 9.69 Å². The van der Waals surface area contributed by atoms with Crippen LogP contribution in [0.2, 0.25) is 0 Å². The molecule has 0 aliphatic carbocycles. The van der Waals surface area contributed by atoms with Crippen LogP contribution in [0.5, 0.6) is 0 Å². The van der Waals surface area contributed by atoms with Crippen LogP contribution in [0.15, 0.2) is 53.3 Å². The first kappa shape index (κ1) is 25.0. The minimum atomic E-state index is -0.397. The summed E-state index contributed by atoms with van der Waals surface area (Å²) in [4.78, 5) is 23.1. The number of halogens is 3. The number of piperazine rings is 1. The van der Waals surface area contributed by atoms with Crippen molar-refractivity contribution >= 4 is 53.4 Å². The van der Waals surface area contributed by atoms with Crippen molar-refractivity contribution in [3.05, 3.63) is 65.1 Å². The Hall–Kier alpha value is -2.65. The summed E-state index contributed by atoms with van der Waals surface area (Å²) in [5, 5.41) is 10.5. The summed E-state index contributed by atoms with van der Waals surface area (Å²) >= 11 is 0. The number of carbonyl (C=O) groups is 1. The SMILES string of the molecule is CN1CCN(CCO/N=C2/C(=C3/C(=O)Nc4ccc(F)cc43)Nc3ccccc32)CC1.Cl.Cl. The number of nitrogens with one attached hydrogen (secondary N) is 2. The van der Waals surface area contributed by atoms with E-state index in [-0.39, 0.29) is 30.7 Å². The van der Waals surface area contributed by atoms with E-state index in [0.717, 1.165) is 44.0 Å². The molecule has 176 valence electrons. The van der Waals surface area contributed by atoms with Crippen molar-refractivity contribution in [3.63, 3.8) is 0 Å². The Bertz CT molecular complexity index is 1100. The normalized spacial score (nSPS) is 20.9. The van der Waals surface area contributed by atoms with E-state index in [1.165, 1.54) is 12.1 Å². The molecular weight excluding hydrogens is 468 g/mol. The van der Waals surface area contributed by atoms with Gasteiger partial charge in [-0.05, 0) is 31.3 Å². The number of benzene rings is 2. The van der Waals surface area contributed by atoms with Crippen molar-refractivity contribution < 1.29 is 14.0 Å². The fourth-order valence-electron chi connectivity index (χ4n) is 4.14. The first-order chi connectivity index (χ1) is 15.1. The molecule has 0 atom stereocenters. The molecule has 0 unspecified atom stereocenters. The molecule has 2 N–H and O–H groups in total. The lowest BCUT2D eigenvalue weighted by Gasteiger charge is -2.31. The lowest BCUT2D eigenvalue weighted by molar-refractivity contribution is -0.110. The topological polar surface area (TPSA) is 69.2 Å². The predicted octanol–water partition coefficient (Wildman–Crippen LogP) is 3.43. The van der Waals surface area contributed by atoms with E-state index in [0.29, 0.717) is 34.8 Å². The number of para-hydroxylation sites is 1. The number of allylic oxidation sites excluding steroid dienone is 1. The van der Waals surface area contributed by atoms with Crippen LogP contribution < -0.4 is 10.6 Å². The molecule has 1 fully saturated rings. The van der Waals surface area contributed by atoms with E-state index in [4.69, 9.17) is 4.84 Å². The summed E-state index contributed by atoms with van der Waals surface area (Å²) in [6, 6.07) is 11.9. The maximum absolute atomic E-state index is 13.9. The molecular formula is C23H26Cl2FN5O2. The lowest BCUT2D eigenvalue weighted by atomic mass is 10.0. The largest absolute Gasteiger partial charge is 0.394 e. The Balaban J connectivity index is 0.00000153. The van der Waals surface area contributed by atoms with E-state index in [1.54, 1.807) is 6.07 Å². The van der Waals surface area contributed by atoms with Gasteiger partial charge in [0, 0.05) is 55.2 Å². The fraction of sp³-hybridized carbons (Fsp3) is 0.304. The second kappa shape index (κ2) is 10.5. The minimum absolute atomic E-state index is 0. The van der Waals surface area contributed by atoms with Crippen LogP contribution in [-0.4, -0.2) is 67.8 Å². The third-order valence-electron chi connectivity index (χ3n) is 5.91. The van der Waals surface area contributed by atoms with Crippen LogP contribution >= 0.6 is 24.8 Å². The Morgan fingerprint density at radius 1 is 1.00 bits per heavy atom. The van der Waals surface area contributed by atoms with E-state index in [2.05, 4.69) is 32.6 Å². The lowest BCUT2D eigenvalue weighted by Crippen LogP contribution is -2.45. The van der Waals surface area contributed by atoms with Crippen LogP contribution in [0.25, 0.3) is 5.57 Å². The van der Waals surface area contributed by atoms with Gasteiger partial charge in [-0.15, -0.1) is 24.8 Å². The molecule has 1 amide bonds. The summed E-state index contributed by atoms with van der Waals surface area (Å²) < 4.78 is 13.9. The van der Waals surface area contributed by atoms with Gasteiger partial charge in [0.15, 0.2) is 0 Å². The van der Waals surface area contributed by atoms with Gasteiger partial charge >= 0.3 is 0 Å². The molecule has 33 heavy (non-hydrogen) atoms. The summed E-state index contributed by atoms with van der Waals surface area (Å²) in [7, 11) is 2.13. The molecule has 7 nitrogen and oxygen atoms in total. The second-order valence-corrected chi connectivity index (χ2v) is 7.98. The van der Waals surface area contributed by atoms with Crippen molar-refractivity contribution in [2.75, 3.05) is 57.0 Å². The number of rotatable bonds is 4. The van der Waals surface area contributed by atoms with Gasteiger partial charge in [0.05, 0.1) is 11.3 Å². The zero-order valence-corrected chi connectivity index (χ0v) is 19.8. The molecule has 1 saturated heterocycles. The van der Waals surface area contributed by atoms with Crippen LogP contribution in [0.4, 0.5) is 15.8 Å². The van der Waals surface area contributed by atoms with Crippen LogP contribution in [0.3, 0.4) is 0 Å². The van der Waals surface area contributed by atoms with Gasteiger partial charge in [-0.1, -0.05) is 23.4 Å². The van der Waals surface area contributed by atoms with Gasteiger partial charge < -0.3 is 20.4 Å². The van der Waals surface area contributed by atoms with Crippen LogP contribution in [-0.2, 0) is 9.63 Å². The van der Waals surface area contributed by atoms with Crippen molar-refractivity contribution in [2.24, 2.45) is 5.16 Å². The fourth-order valence-corrected chi connectivity index (χ4v) is 4.14. The highest BCUT2D eigenvalue weighted by Crippen LogP contribution is 2.39. The molecule has 2 aromatic carbocycles. The van der Waals surface area contributed by atoms with E-state index in [1.807, 2.05) is 24.3 Å². The molecule has 3 aliphatic rings. The summed E-state index contributed by atoms with van der Waals surface area (Å²) in [6.07, 6.45) is 0. The predicted molar refractivity (Wildman–Crippen MR) is 133 cm³/mol. The monoisotopic (exact) mass is 493 g/mol. The van der Waals surface area contributed by atoms with Gasteiger partial charge in [0.1, 0.15) is 18.1 Å². The Kier molecular flexibility index (Phi) is 7.97. The summed E-state index contributed by atoms with van der Waals surface area (Å²) in [5.41, 5.74) is 4.24. The van der Waals surface area contributed by atoms with Crippen molar-refractivity contribution in [1.29, 1.82) is 0 Å². The number of likely N-dealkylation sites (N-methyl/N-ethyl adjacent to an activating group) is 1. The number of fused-ring (bicyclic) bond motifs is 2. The number of oxime groups is 1. The van der Waals surface area contributed by atoms with Gasteiger partial charge in [-0.25, -0.2) is 4.39 Å². The number of hydrogen-bond acceptors (Lipinski definition) is 6. The molecule has 5 rings (SSSR count). The van der Waals surface area contributed by atoms with Crippen LogP contribution in [0.1, 0.15) is 11.1 Å². The molecule has 3 heterocycles. The average Bonchev–Trinajstić information content (AvgIpc) is 3.28. The Labute approximate surface area is 204 Å². The van der Waals surface area contributed by atoms with Crippen molar-refractivity contribution in [1.82, 2.24) is 9.80 Å². The number of carbonyl (C=O) groups excluding carboxylic acids is 1. The average molecular weight is 494 g/mol. The first-order valence-corrected chi connectivity index (χ1v) is 10.4. The van der Waals surface area contributed by atoms with Crippen molar-refractivity contribution in [2.45, 2.75) is 0 Å². The number of amides is 1. The maximum atomic E-state index is 13.9. The smallest absolute Gasteiger partial charge is 0.258 e. The summed E-state index contributed by atoms with van der Waals surface area (Å²) in [6.45, 7) is 5.37. The van der Waals surface area contributed by atoms with Crippen molar-refractivity contribution in [3.8, 4) is 0 Å². The highest BCUT2D eigenvalue weighted by Gasteiger charge is 2.34. The second-order valence-electron chi connectivity index (χ2n) is 7.98. The van der Waals surface area contributed by atoms with Gasteiger partial charge in [-0.2, -0.15) is 0 Å². The molecule has 0 radical (unpaired) electrons. The van der Waals surface area contributed by atoms with E-state index >= 15 is 0 Å². The van der Waals surface area contributed by atoms with Gasteiger partial charge in [0.25, 0.3) is 5.91 Å². The highest BCUT2D eigenvalue weighted by molar-refractivity contribution is 6.39. The molecule has 0 saturated carbocycles. The number of hydrogen-bond donors (Lipinski definition) is 2. The maximum Gasteiger partial charge on any atom is 0.258 e. The zero-order chi connectivity index (χ0) is 21.4. The van der Waals surface area contributed by atoms with Crippen LogP contribution in [0, 0.1) is 5.82 Å². The molecule has 2 aromatic rings. The number of anilines is 2. The molecule has 0 aromatic heterocycles. The highest BCUT2D eigenvalue weighted by atomic mass is 35.5. The van der Waals surface area contributed by atoms with E-state index < -0.39 is 5.82 Å². The Morgan fingerprint density at radius 3 is 2.52 bits per heavy atom. The number of nitrogens with zero attached hydrogens (tertiary/aromatic N) is 3. The molecule has 10 heteroatoms. The minimum Gasteiger partial charge on any atom is -0.394 e. The third-order valence-corrected chi connectivity index (χ3v) is 5.91. The first-order valence-electron chi connectivity index (χ1n) is 10.4. The molecule has 3 aliphatic heterocycles. The zero-order valence-electron chi connectivity index (χ0n) is 18.1. The Morgan fingerprint density at radius 2 is 1.73 bits per heavy atom. The quantitative estimate of drug-likeness (QED) is 0.388. The molecule has 0 spiro atoms. The van der Waals surface area contributed by atoms with Gasteiger partial charge in [0.2, 0.25) is 0 Å². The third kappa shape index (κ3) is 4.99. The summed E-state index contributed by atoms with van der Waals surface area (Å²) in [5.74, 6) is -0.688. The standard InChI is InChI=1S/C23H24FN5O2.2ClH/c1-28-8-10-29(11-9-28)12-13-31-27-21-16-4-2-3-5-18(16)25-22(21)20-17-14-15(24)6-7-19(17)26-23(20)30;;/h2-7,14,25H,8-13H2,1H3,(H,26,30);2*1H/b22-20-,27-21+;;.